The molecule has 0 fully saturated rings. The van der Waals surface area contributed by atoms with E-state index in [9.17, 15) is 14.4 Å². The normalized spacial score (nSPS) is 11.9. The van der Waals surface area contributed by atoms with Crippen LogP contribution in [0.4, 0.5) is 0 Å². The molecule has 1 atom stereocenters. The predicted octanol–water partition coefficient (Wildman–Crippen LogP) is 2.10. The summed E-state index contributed by atoms with van der Waals surface area (Å²) in [6, 6.07) is 6.58. The molecule has 134 valence electrons. The van der Waals surface area contributed by atoms with E-state index in [2.05, 4.69) is 5.32 Å². The van der Waals surface area contributed by atoms with Gasteiger partial charge in [0.15, 0.2) is 6.10 Å². The van der Waals surface area contributed by atoms with Gasteiger partial charge in [-0.05, 0) is 31.0 Å². The predicted molar refractivity (Wildman–Crippen MR) is 91.8 cm³/mol. The highest BCUT2D eigenvalue weighted by atomic mass is 16.5. The van der Waals surface area contributed by atoms with Gasteiger partial charge in [-0.2, -0.15) is 0 Å². The monoisotopic (exact) mass is 347 g/mol. The average Bonchev–Trinajstić information content (AvgIpc) is 2.54. The number of fused-ring (bicyclic) bond motifs is 1. The smallest absolute Gasteiger partial charge is 0.336 e. The second kappa shape index (κ2) is 8.32. The molecule has 0 bridgehead atoms. The second-order valence-corrected chi connectivity index (χ2v) is 5.69. The number of carbonyl (C=O) groups excluding carboxylic acids is 1. The van der Waals surface area contributed by atoms with Crippen molar-refractivity contribution in [3.8, 4) is 5.75 Å². The van der Waals surface area contributed by atoms with Gasteiger partial charge in [0.2, 0.25) is 0 Å². The number of hydrogen-bond donors (Lipinski definition) is 2. The molecule has 25 heavy (non-hydrogen) atoms. The fraction of sp³-hybridized carbons (Fsp3) is 0.389. The van der Waals surface area contributed by atoms with Gasteiger partial charge >= 0.3 is 11.6 Å². The van der Waals surface area contributed by atoms with Gasteiger partial charge < -0.3 is 19.6 Å². The van der Waals surface area contributed by atoms with Crippen molar-refractivity contribution in [1.29, 1.82) is 0 Å². The van der Waals surface area contributed by atoms with Crippen LogP contribution >= 0.6 is 0 Å². The van der Waals surface area contributed by atoms with Gasteiger partial charge in [-0.25, -0.2) is 4.79 Å². The summed E-state index contributed by atoms with van der Waals surface area (Å²) >= 11 is 0. The van der Waals surface area contributed by atoms with Crippen LogP contribution in [0.25, 0.3) is 11.0 Å². The average molecular weight is 347 g/mol. The lowest BCUT2D eigenvalue weighted by Crippen LogP contribution is -2.37. The maximum absolute atomic E-state index is 11.9. The van der Waals surface area contributed by atoms with Crippen molar-refractivity contribution >= 4 is 22.8 Å². The molecular weight excluding hydrogens is 326 g/mol. The summed E-state index contributed by atoms with van der Waals surface area (Å²) in [6.45, 7) is 3.63. The van der Waals surface area contributed by atoms with Gasteiger partial charge in [-0.1, -0.05) is 13.3 Å². The van der Waals surface area contributed by atoms with Crippen molar-refractivity contribution in [2.45, 2.75) is 39.2 Å². The van der Waals surface area contributed by atoms with Gasteiger partial charge in [0.1, 0.15) is 11.3 Å². The molecule has 0 unspecified atom stereocenters. The van der Waals surface area contributed by atoms with Gasteiger partial charge in [0, 0.05) is 24.1 Å². The summed E-state index contributed by atoms with van der Waals surface area (Å²) in [7, 11) is 0. The Hall–Kier alpha value is -2.83. The van der Waals surface area contributed by atoms with Crippen LogP contribution in [0, 0.1) is 0 Å². The lowest BCUT2D eigenvalue weighted by Gasteiger charge is -2.15. The number of carbonyl (C=O) groups is 2. The molecule has 2 N–H and O–H groups in total. The summed E-state index contributed by atoms with van der Waals surface area (Å²) in [5, 5.41) is 11.9. The van der Waals surface area contributed by atoms with Crippen molar-refractivity contribution in [2.24, 2.45) is 0 Å². The van der Waals surface area contributed by atoms with Gasteiger partial charge in [0.25, 0.3) is 5.91 Å². The SMILES string of the molecule is CCCc1cc(=O)oc2cc(O[C@H](C)C(=O)NCCC(=O)O)ccc12. The number of hydrogen-bond acceptors (Lipinski definition) is 5. The van der Waals surface area contributed by atoms with E-state index in [-0.39, 0.29) is 13.0 Å². The maximum Gasteiger partial charge on any atom is 0.336 e. The van der Waals surface area contributed by atoms with Crippen LogP contribution < -0.4 is 15.7 Å². The molecule has 2 rings (SSSR count). The van der Waals surface area contributed by atoms with E-state index in [0.29, 0.717) is 11.3 Å². The number of aryl methyl sites for hydroxylation is 1. The van der Waals surface area contributed by atoms with Crippen molar-refractivity contribution in [3.63, 3.8) is 0 Å². The summed E-state index contributed by atoms with van der Waals surface area (Å²) in [6.07, 6.45) is 0.714. The molecule has 1 amide bonds. The molecule has 1 heterocycles. The quantitative estimate of drug-likeness (QED) is 0.709. The molecule has 1 aromatic heterocycles. The highest BCUT2D eigenvalue weighted by Crippen LogP contribution is 2.24. The Morgan fingerprint density at radius 3 is 2.76 bits per heavy atom. The van der Waals surface area contributed by atoms with Crippen LogP contribution in [0.2, 0.25) is 0 Å². The van der Waals surface area contributed by atoms with E-state index in [1.54, 1.807) is 25.1 Å². The van der Waals surface area contributed by atoms with Gasteiger partial charge in [-0.15, -0.1) is 0 Å². The Morgan fingerprint density at radius 2 is 2.08 bits per heavy atom. The summed E-state index contributed by atoms with van der Waals surface area (Å²) in [5.74, 6) is -1.01. The van der Waals surface area contributed by atoms with Crippen molar-refractivity contribution in [3.05, 3.63) is 40.2 Å². The first kappa shape index (κ1) is 18.5. The summed E-state index contributed by atoms with van der Waals surface area (Å²) in [4.78, 5) is 34.0. The van der Waals surface area contributed by atoms with Crippen LogP contribution in [0.15, 0.2) is 33.5 Å². The standard InChI is InChI=1S/C18H21NO6/c1-3-4-12-9-17(22)25-15-10-13(5-6-14(12)15)24-11(2)18(23)19-8-7-16(20)21/h5-6,9-11H,3-4,7-8H2,1-2H3,(H,19,23)(H,20,21)/t11-/m1/s1. The van der Waals surface area contributed by atoms with Crippen LogP contribution in [-0.2, 0) is 16.0 Å². The van der Waals surface area contributed by atoms with E-state index < -0.39 is 23.6 Å². The highest BCUT2D eigenvalue weighted by molar-refractivity contribution is 5.83. The van der Waals surface area contributed by atoms with E-state index >= 15 is 0 Å². The molecule has 0 aliphatic carbocycles. The number of amides is 1. The summed E-state index contributed by atoms with van der Waals surface area (Å²) < 4.78 is 10.8. The lowest BCUT2D eigenvalue weighted by molar-refractivity contribution is -0.137. The Labute approximate surface area is 144 Å². The van der Waals surface area contributed by atoms with E-state index in [4.69, 9.17) is 14.3 Å². The molecule has 7 nitrogen and oxygen atoms in total. The molecule has 0 aliphatic rings. The minimum atomic E-state index is -0.985. The minimum absolute atomic E-state index is 0.0365. The number of benzene rings is 1. The first-order chi connectivity index (χ1) is 11.9. The fourth-order valence-electron chi connectivity index (χ4n) is 2.45. The molecule has 0 saturated carbocycles. The third kappa shape index (κ3) is 5.07. The lowest BCUT2D eigenvalue weighted by atomic mass is 10.1. The zero-order valence-electron chi connectivity index (χ0n) is 14.2. The third-order valence-electron chi connectivity index (χ3n) is 3.64. The Bertz CT molecular complexity index is 826. The van der Waals surface area contributed by atoms with Gasteiger partial charge in [-0.3, -0.25) is 9.59 Å². The molecule has 0 saturated heterocycles. The molecule has 1 aromatic carbocycles. The largest absolute Gasteiger partial charge is 0.481 e. The fourth-order valence-corrected chi connectivity index (χ4v) is 2.45. The first-order valence-corrected chi connectivity index (χ1v) is 8.13. The number of carboxylic acid groups (broad SMARTS) is 1. The first-order valence-electron chi connectivity index (χ1n) is 8.13. The number of ether oxygens (including phenoxy) is 1. The van der Waals surface area contributed by atoms with Crippen molar-refractivity contribution in [1.82, 2.24) is 5.32 Å². The van der Waals surface area contributed by atoms with Crippen molar-refractivity contribution in [2.75, 3.05) is 6.54 Å². The maximum atomic E-state index is 11.9. The zero-order valence-corrected chi connectivity index (χ0v) is 14.2. The number of carboxylic acids is 1. The Balaban J connectivity index is 2.12. The molecular formula is C18H21NO6. The number of rotatable bonds is 8. The second-order valence-electron chi connectivity index (χ2n) is 5.69. The number of nitrogens with one attached hydrogen (secondary N) is 1. The molecule has 2 aromatic rings. The molecule has 0 spiro atoms. The molecule has 0 aliphatic heterocycles. The zero-order chi connectivity index (χ0) is 18.4. The van der Waals surface area contributed by atoms with Crippen LogP contribution in [0.3, 0.4) is 0 Å². The van der Waals surface area contributed by atoms with E-state index in [1.807, 2.05) is 6.92 Å². The van der Waals surface area contributed by atoms with Gasteiger partial charge in [0.05, 0.1) is 6.42 Å². The Morgan fingerprint density at radius 1 is 1.32 bits per heavy atom. The van der Waals surface area contributed by atoms with E-state index in [0.717, 1.165) is 23.8 Å². The van der Waals surface area contributed by atoms with E-state index in [1.165, 1.54) is 6.07 Å². The molecule has 0 radical (unpaired) electrons. The third-order valence-corrected chi connectivity index (χ3v) is 3.64. The van der Waals surface area contributed by atoms with Crippen molar-refractivity contribution < 1.29 is 23.8 Å². The summed E-state index contributed by atoms with van der Waals surface area (Å²) in [5.41, 5.74) is 0.902. The minimum Gasteiger partial charge on any atom is -0.481 e. The Kier molecular flexibility index (Phi) is 6.16. The van der Waals surface area contributed by atoms with Crippen LogP contribution in [0.1, 0.15) is 32.3 Å². The van der Waals surface area contributed by atoms with Crippen LogP contribution in [-0.4, -0.2) is 29.6 Å². The number of aliphatic carboxylic acids is 1. The van der Waals surface area contributed by atoms with Crippen LogP contribution in [0.5, 0.6) is 5.75 Å². The molecule has 7 heteroatoms. The highest BCUT2D eigenvalue weighted by Gasteiger charge is 2.15. The topological polar surface area (TPSA) is 106 Å².